The van der Waals surface area contributed by atoms with Gasteiger partial charge in [0, 0.05) is 32.6 Å². The third kappa shape index (κ3) is 3.60. The van der Waals surface area contributed by atoms with Crippen LogP contribution < -0.4 is 5.32 Å². The van der Waals surface area contributed by atoms with Crippen molar-refractivity contribution < 1.29 is 14.5 Å². The number of nitrogens with one attached hydrogen (secondary N) is 1. The number of carbonyl (C=O) groups is 1. The molecule has 2 rings (SSSR count). The van der Waals surface area contributed by atoms with Gasteiger partial charge in [-0.25, -0.2) is 9.78 Å². The number of hydrogen-bond acceptors (Lipinski definition) is 6. The van der Waals surface area contributed by atoms with Gasteiger partial charge >= 0.3 is 5.97 Å². The minimum atomic E-state index is -0.535. The predicted octanol–water partition coefficient (Wildman–Crippen LogP) is 2.47. The molecule has 0 aliphatic heterocycles. The largest absolute Gasteiger partial charge is 0.462 e. The first kappa shape index (κ1) is 17.2. The molecule has 0 aliphatic rings. The molecule has 24 heavy (non-hydrogen) atoms. The summed E-state index contributed by atoms with van der Waals surface area (Å²) in [5.41, 5.74) is 1.06. The molecule has 0 fully saturated rings. The van der Waals surface area contributed by atoms with Crippen LogP contribution in [0.15, 0.2) is 30.6 Å². The van der Waals surface area contributed by atoms with Crippen molar-refractivity contribution in [1.29, 1.82) is 0 Å². The van der Waals surface area contributed by atoms with Gasteiger partial charge in [0.25, 0.3) is 5.69 Å². The maximum absolute atomic E-state index is 12.3. The number of ether oxygens (including phenoxy) is 1. The molecule has 0 unspecified atom stereocenters. The lowest BCUT2D eigenvalue weighted by Gasteiger charge is -2.08. The Bertz CT molecular complexity index is 795. The van der Waals surface area contributed by atoms with Crippen LogP contribution in [0.2, 0.25) is 0 Å². The Balaban J connectivity index is 2.54. The normalized spacial score (nSPS) is 11.2. The quantitative estimate of drug-likeness (QED) is 0.378. The van der Waals surface area contributed by atoms with Crippen LogP contribution in [-0.4, -0.2) is 34.1 Å². The van der Waals surface area contributed by atoms with Gasteiger partial charge in [-0.15, -0.1) is 0 Å². The monoisotopic (exact) mass is 330 g/mol. The molecule has 1 aromatic heterocycles. The standard InChI is InChI=1S/C16H18N4O4/c1-4-24-16(21)12(15-18-7-8-19(15)3)9-11-5-6-13(17-2)14(10-11)20(22)23/h5-10,17H,4H2,1-3H3. The molecular formula is C16H18N4O4. The Morgan fingerprint density at radius 2 is 2.25 bits per heavy atom. The fourth-order valence-electron chi connectivity index (χ4n) is 2.22. The summed E-state index contributed by atoms with van der Waals surface area (Å²) in [4.78, 5) is 27.1. The summed E-state index contributed by atoms with van der Waals surface area (Å²) in [6.45, 7) is 1.93. The number of hydrogen-bond donors (Lipinski definition) is 1. The molecule has 126 valence electrons. The first-order valence-electron chi connectivity index (χ1n) is 7.30. The Kier molecular flexibility index (Phi) is 5.31. The number of nitro benzene ring substituents is 1. The molecule has 0 atom stereocenters. The molecule has 0 amide bonds. The number of nitro groups is 1. The molecule has 1 heterocycles. The highest BCUT2D eigenvalue weighted by Crippen LogP contribution is 2.27. The number of esters is 1. The average molecular weight is 330 g/mol. The number of rotatable bonds is 6. The molecule has 1 aromatic carbocycles. The lowest BCUT2D eigenvalue weighted by atomic mass is 10.1. The van der Waals surface area contributed by atoms with E-state index in [1.807, 2.05) is 0 Å². The molecule has 8 nitrogen and oxygen atoms in total. The minimum absolute atomic E-state index is 0.0747. The lowest BCUT2D eigenvalue weighted by Crippen LogP contribution is -2.10. The van der Waals surface area contributed by atoms with Crippen LogP contribution in [0.5, 0.6) is 0 Å². The zero-order valence-corrected chi connectivity index (χ0v) is 13.6. The summed E-state index contributed by atoms with van der Waals surface area (Å²) < 4.78 is 6.75. The number of aryl methyl sites for hydroxylation is 1. The predicted molar refractivity (Wildman–Crippen MR) is 90.4 cm³/mol. The molecule has 0 saturated carbocycles. The van der Waals surface area contributed by atoms with E-state index < -0.39 is 10.9 Å². The smallest absolute Gasteiger partial charge is 0.341 e. The van der Waals surface area contributed by atoms with Crippen LogP contribution in [0.4, 0.5) is 11.4 Å². The number of imidazole rings is 1. The zero-order valence-electron chi connectivity index (χ0n) is 13.6. The van der Waals surface area contributed by atoms with Gasteiger partial charge < -0.3 is 14.6 Å². The average Bonchev–Trinajstić information content (AvgIpc) is 2.98. The second kappa shape index (κ2) is 7.40. The SMILES string of the molecule is CCOC(=O)C(=Cc1ccc(NC)c([N+](=O)[O-])c1)c1nccn1C. The van der Waals surface area contributed by atoms with Crippen molar-refractivity contribution in [1.82, 2.24) is 9.55 Å². The van der Waals surface area contributed by atoms with Gasteiger partial charge in [0.2, 0.25) is 0 Å². The summed E-state index contributed by atoms with van der Waals surface area (Å²) in [5.74, 6) is -0.110. The van der Waals surface area contributed by atoms with Crippen molar-refractivity contribution in [3.8, 4) is 0 Å². The third-order valence-corrected chi connectivity index (χ3v) is 3.36. The first-order chi connectivity index (χ1) is 11.5. The molecule has 2 aromatic rings. The molecule has 1 N–H and O–H groups in total. The molecular weight excluding hydrogens is 312 g/mol. The van der Waals surface area contributed by atoms with Gasteiger partial charge in [-0.05, 0) is 24.6 Å². The Hall–Kier alpha value is -3.16. The van der Waals surface area contributed by atoms with E-state index in [4.69, 9.17) is 4.74 Å². The first-order valence-corrected chi connectivity index (χ1v) is 7.30. The van der Waals surface area contributed by atoms with Gasteiger partial charge in [0.1, 0.15) is 17.1 Å². The summed E-state index contributed by atoms with van der Waals surface area (Å²) in [5, 5.41) is 13.9. The topological polar surface area (TPSA) is 99.3 Å². The summed E-state index contributed by atoms with van der Waals surface area (Å²) in [7, 11) is 3.36. The molecule has 0 radical (unpaired) electrons. The number of carbonyl (C=O) groups excluding carboxylic acids is 1. The van der Waals surface area contributed by atoms with E-state index in [0.717, 1.165) is 0 Å². The summed E-state index contributed by atoms with van der Waals surface area (Å²) in [6.07, 6.45) is 4.80. The zero-order chi connectivity index (χ0) is 17.7. The summed E-state index contributed by atoms with van der Waals surface area (Å²) in [6, 6.07) is 4.67. The molecule has 0 saturated heterocycles. The van der Waals surface area contributed by atoms with Crippen molar-refractivity contribution in [3.05, 3.63) is 52.1 Å². The Morgan fingerprint density at radius 3 is 2.79 bits per heavy atom. The number of benzene rings is 1. The maximum atomic E-state index is 12.3. The second-order valence-corrected chi connectivity index (χ2v) is 4.92. The van der Waals surface area contributed by atoms with Crippen LogP contribution in [0, 0.1) is 10.1 Å². The van der Waals surface area contributed by atoms with Crippen LogP contribution in [0.25, 0.3) is 11.6 Å². The summed E-state index contributed by atoms with van der Waals surface area (Å²) >= 11 is 0. The van der Waals surface area contributed by atoms with E-state index in [2.05, 4.69) is 10.3 Å². The number of nitrogens with zero attached hydrogens (tertiary/aromatic N) is 3. The maximum Gasteiger partial charge on any atom is 0.341 e. The molecule has 8 heteroatoms. The van der Waals surface area contributed by atoms with Crippen molar-refractivity contribution >= 4 is 29.0 Å². The fraction of sp³-hybridized carbons (Fsp3) is 0.250. The highest BCUT2D eigenvalue weighted by molar-refractivity contribution is 6.20. The van der Waals surface area contributed by atoms with E-state index in [0.29, 0.717) is 17.1 Å². The highest BCUT2D eigenvalue weighted by Gasteiger charge is 2.19. The number of anilines is 1. The van der Waals surface area contributed by atoms with E-state index >= 15 is 0 Å². The van der Waals surface area contributed by atoms with E-state index in [9.17, 15) is 14.9 Å². The van der Waals surface area contributed by atoms with Crippen LogP contribution in [0.3, 0.4) is 0 Å². The highest BCUT2D eigenvalue weighted by atomic mass is 16.6. The van der Waals surface area contributed by atoms with E-state index in [1.165, 1.54) is 12.1 Å². The van der Waals surface area contributed by atoms with Crippen molar-refractivity contribution in [2.75, 3.05) is 19.0 Å². The fourth-order valence-corrected chi connectivity index (χ4v) is 2.22. The third-order valence-electron chi connectivity index (χ3n) is 3.36. The van der Waals surface area contributed by atoms with Gasteiger partial charge in [0.05, 0.1) is 11.5 Å². The minimum Gasteiger partial charge on any atom is -0.462 e. The van der Waals surface area contributed by atoms with Crippen molar-refractivity contribution in [2.45, 2.75) is 6.92 Å². The van der Waals surface area contributed by atoms with Crippen molar-refractivity contribution in [2.24, 2.45) is 7.05 Å². The lowest BCUT2D eigenvalue weighted by molar-refractivity contribution is -0.384. The molecule has 0 bridgehead atoms. The molecule has 0 aliphatic carbocycles. The van der Waals surface area contributed by atoms with E-state index in [-0.39, 0.29) is 17.9 Å². The second-order valence-electron chi connectivity index (χ2n) is 4.92. The molecule has 0 spiro atoms. The van der Waals surface area contributed by atoms with Gasteiger partial charge in [-0.2, -0.15) is 0 Å². The van der Waals surface area contributed by atoms with Gasteiger partial charge in [0.15, 0.2) is 0 Å². The van der Waals surface area contributed by atoms with Crippen LogP contribution in [0.1, 0.15) is 18.3 Å². The van der Waals surface area contributed by atoms with Crippen LogP contribution >= 0.6 is 0 Å². The van der Waals surface area contributed by atoms with E-state index in [1.54, 1.807) is 50.1 Å². The van der Waals surface area contributed by atoms with Crippen LogP contribution in [-0.2, 0) is 16.6 Å². The Morgan fingerprint density at radius 1 is 1.50 bits per heavy atom. The van der Waals surface area contributed by atoms with Gasteiger partial charge in [-0.3, -0.25) is 10.1 Å². The Labute approximate surface area is 138 Å². The van der Waals surface area contributed by atoms with Gasteiger partial charge in [-0.1, -0.05) is 6.07 Å². The van der Waals surface area contributed by atoms with Crippen molar-refractivity contribution in [3.63, 3.8) is 0 Å². The number of aromatic nitrogens is 2.